The van der Waals surface area contributed by atoms with Gasteiger partial charge in [0.15, 0.2) is 5.78 Å². The van der Waals surface area contributed by atoms with Gasteiger partial charge in [-0.05, 0) is 29.7 Å². The summed E-state index contributed by atoms with van der Waals surface area (Å²) in [4.78, 5) is 13.4. The molecule has 0 radical (unpaired) electrons. The number of hydrogen-bond donors (Lipinski definition) is 0. The number of ketones is 1. The van der Waals surface area contributed by atoms with E-state index in [4.69, 9.17) is 4.74 Å². The maximum atomic E-state index is 12.6. The summed E-state index contributed by atoms with van der Waals surface area (Å²) in [6.45, 7) is 4.43. The van der Waals surface area contributed by atoms with Crippen LogP contribution in [0.1, 0.15) is 49.2 Å². The van der Waals surface area contributed by atoms with Crippen LogP contribution < -0.4 is 4.74 Å². The molecule has 3 heteroatoms. The Balaban J connectivity index is 2.25. The van der Waals surface area contributed by atoms with E-state index in [0.29, 0.717) is 0 Å². The second kappa shape index (κ2) is 4.81. The summed E-state index contributed by atoms with van der Waals surface area (Å²) in [6, 6.07) is 1.88. The molecule has 0 saturated heterocycles. The molecule has 1 aliphatic carbocycles. The van der Waals surface area contributed by atoms with E-state index in [9.17, 15) is 4.79 Å². The number of Topliss-reactive ketones (excluding diaryl/α,β-unsaturated/α-hetero) is 1. The zero-order valence-corrected chi connectivity index (χ0v) is 11.6. The number of rotatable bonds is 3. The van der Waals surface area contributed by atoms with Crippen molar-refractivity contribution in [2.75, 3.05) is 7.11 Å². The Labute approximate surface area is 107 Å². The van der Waals surface area contributed by atoms with Gasteiger partial charge in [-0.1, -0.05) is 26.7 Å². The standard InChI is InChI=1S/C14H20O2S/c1-14(2)8-5-4-6-10(14)12(15)13-11(16-3)7-9-17-13/h7,9-10H,4-6,8H2,1-3H3. The molecule has 1 aliphatic rings. The van der Waals surface area contributed by atoms with E-state index in [0.717, 1.165) is 23.5 Å². The lowest BCUT2D eigenvalue weighted by molar-refractivity contribution is 0.0699. The first kappa shape index (κ1) is 12.6. The monoisotopic (exact) mass is 252 g/mol. The Bertz CT molecular complexity index is 406. The first-order valence-electron chi connectivity index (χ1n) is 6.22. The molecule has 17 heavy (non-hydrogen) atoms. The zero-order valence-electron chi connectivity index (χ0n) is 10.8. The van der Waals surface area contributed by atoms with Crippen LogP contribution >= 0.6 is 11.3 Å². The molecular formula is C14H20O2S. The fourth-order valence-electron chi connectivity index (χ4n) is 2.78. The highest BCUT2D eigenvalue weighted by Crippen LogP contribution is 2.43. The highest BCUT2D eigenvalue weighted by atomic mass is 32.1. The van der Waals surface area contributed by atoms with E-state index in [2.05, 4.69) is 13.8 Å². The fourth-order valence-corrected chi connectivity index (χ4v) is 3.63. The van der Waals surface area contributed by atoms with Crippen molar-refractivity contribution in [1.82, 2.24) is 0 Å². The van der Waals surface area contributed by atoms with Crippen molar-refractivity contribution in [3.63, 3.8) is 0 Å². The molecule has 1 aromatic heterocycles. The van der Waals surface area contributed by atoms with Crippen LogP contribution in [0.2, 0.25) is 0 Å². The summed E-state index contributed by atoms with van der Waals surface area (Å²) in [5, 5.41) is 1.93. The van der Waals surface area contributed by atoms with Crippen LogP contribution in [0.4, 0.5) is 0 Å². The lowest BCUT2D eigenvalue weighted by Crippen LogP contribution is -2.33. The predicted octanol–water partition coefficient (Wildman–Crippen LogP) is 4.16. The zero-order chi connectivity index (χ0) is 12.5. The first-order chi connectivity index (χ1) is 8.06. The maximum absolute atomic E-state index is 12.6. The van der Waals surface area contributed by atoms with Crippen molar-refractivity contribution in [3.05, 3.63) is 16.3 Å². The molecule has 1 atom stereocenters. The second-order valence-corrected chi connectivity index (χ2v) is 6.39. The predicted molar refractivity (Wildman–Crippen MR) is 70.9 cm³/mol. The third-order valence-electron chi connectivity index (χ3n) is 3.90. The molecule has 94 valence electrons. The number of thiophene rings is 1. The van der Waals surface area contributed by atoms with Gasteiger partial charge < -0.3 is 4.74 Å². The molecule has 1 aromatic rings. The highest BCUT2D eigenvalue weighted by molar-refractivity contribution is 7.12. The van der Waals surface area contributed by atoms with E-state index in [1.54, 1.807) is 7.11 Å². The average molecular weight is 252 g/mol. The smallest absolute Gasteiger partial charge is 0.180 e. The summed E-state index contributed by atoms with van der Waals surface area (Å²) < 4.78 is 5.26. The minimum absolute atomic E-state index is 0.129. The SMILES string of the molecule is COc1ccsc1C(=O)C1CCCCC1(C)C. The molecule has 1 unspecified atom stereocenters. The van der Waals surface area contributed by atoms with E-state index < -0.39 is 0 Å². The van der Waals surface area contributed by atoms with Gasteiger partial charge in [-0.3, -0.25) is 4.79 Å². The molecule has 0 aliphatic heterocycles. The van der Waals surface area contributed by atoms with Crippen LogP contribution in [0.25, 0.3) is 0 Å². The van der Waals surface area contributed by atoms with Crippen molar-refractivity contribution >= 4 is 17.1 Å². The average Bonchev–Trinajstić information content (AvgIpc) is 2.75. The Hall–Kier alpha value is -0.830. The van der Waals surface area contributed by atoms with Crippen LogP contribution in [0.15, 0.2) is 11.4 Å². The molecular weight excluding hydrogens is 232 g/mol. The van der Waals surface area contributed by atoms with Crippen molar-refractivity contribution in [2.45, 2.75) is 39.5 Å². The summed E-state index contributed by atoms with van der Waals surface area (Å²) in [5.74, 6) is 1.17. The van der Waals surface area contributed by atoms with Gasteiger partial charge in [0.1, 0.15) is 10.6 Å². The third kappa shape index (κ3) is 2.39. The topological polar surface area (TPSA) is 26.3 Å². The van der Waals surface area contributed by atoms with Crippen LogP contribution in [-0.4, -0.2) is 12.9 Å². The van der Waals surface area contributed by atoms with Gasteiger partial charge >= 0.3 is 0 Å². The van der Waals surface area contributed by atoms with Crippen molar-refractivity contribution in [2.24, 2.45) is 11.3 Å². The van der Waals surface area contributed by atoms with Gasteiger partial charge in [0.2, 0.25) is 0 Å². The molecule has 0 N–H and O–H groups in total. The third-order valence-corrected chi connectivity index (χ3v) is 4.81. The Kier molecular flexibility index (Phi) is 3.57. The van der Waals surface area contributed by atoms with Gasteiger partial charge in [-0.25, -0.2) is 0 Å². The number of methoxy groups -OCH3 is 1. The van der Waals surface area contributed by atoms with Crippen molar-refractivity contribution in [3.8, 4) is 5.75 Å². The van der Waals surface area contributed by atoms with Gasteiger partial charge in [-0.15, -0.1) is 11.3 Å². The molecule has 0 aromatic carbocycles. The normalized spacial score (nSPS) is 23.4. The Morgan fingerprint density at radius 2 is 2.24 bits per heavy atom. The highest BCUT2D eigenvalue weighted by Gasteiger charge is 2.38. The number of ether oxygens (including phenoxy) is 1. The van der Waals surface area contributed by atoms with E-state index in [1.807, 2.05) is 11.4 Å². The number of carbonyl (C=O) groups excluding carboxylic acids is 1. The Morgan fingerprint density at radius 1 is 1.47 bits per heavy atom. The lowest BCUT2D eigenvalue weighted by Gasteiger charge is -2.37. The number of carbonyl (C=O) groups is 1. The maximum Gasteiger partial charge on any atom is 0.180 e. The quantitative estimate of drug-likeness (QED) is 0.755. The van der Waals surface area contributed by atoms with Crippen LogP contribution in [0, 0.1) is 11.3 Å². The summed E-state index contributed by atoms with van der Waals surface area (Å²) in [7, 11) is 1.63. The minimum Gasteiger partial charge on any atom is -0.495 e. The largest absolute Gasteiger partial charge is 0.495 e. The molecule has 0 amide bonds. The molecule has 2 nitrogen and oxygen atoms in total. The van der Waals surface area contributed by atoms with Crippen LogP contribution in [-0.2, 0) is 0 Å². The second-order valence-electron chi connectivity index (χ2n) is 5.47. The van der Waals surface area contributed by atoms with Gasteiger partial charge in [0, 0.05) is 5.92 Å². The van der Waals surface area contributed by atoms with Gasteiger partial charge in [0.05, 0.1) is 7.11 Å². The minimum atomic E-state index is 0.129. The Morgan fingerprint density at radius 3 is 2.88 bits per heavy atom. The van der Waals surface area contributed by atoms with Gasteiger partial charge in [-0.2, -0.15) is 0 Å². The van der Waals surface area contributed by atoms with Crippen LogP contribution in [0.3, 0.4) is 0 Å². The molecule has 1 saturated carbocycles. The summed E-state index contributed by atoms with van der Waals surface area (Å²) >= 11 is 1.50. The molecule has 2 rings (SSSR count). The lowest BCUT2D eigenvalue weighted by atomic mass is 9.67. The van der Waals surface area contributed by atoms with Crippen LogP contribution in [0.5, 0.6) is 5.75 Å². The first-order valence-corrected chi connectivity index (χ1v) is 7.10. The van der Waals surface area contributed by atoms with E-state index >= 15 is 0 Å². The molecule has 0 spiro atoms. The van der Waals surface area contributed by atoms with Crippen molar-refractivity contribution < 1.29 is 9.53 Å². The summed E-state index contributed by atoms with van der Waals surface area (Å²) in [5.41, 5.74) is 0.129. The molecule has 0 bridgehead atoms. The van der Waals surface area contributed by atoms with E-state index in [-0.39, 0.29) is 17.1 Å². The number of hydrogen-bond acceptors (Lipinski definition) is 3. The fraction of sp³-hybridized carbons (Fsp3) is 0.643. The van der Waals surface area contributed by atoms with E-state index in [1.165, 1.54) is 24.2 Å². The van der Waals surface area contributed by atoms with Gasteiger partial charge in [0.25, 0.3) is 0 Å². The molecule has 1 fully saturated rings. The van der Waals surface area contributed by atoms with Crippen molar-refractivity contribution in [1.29, 1.82) is 0 Å². The molecule has 1 heterocycles. The summed E-state index contributed by atoms with van der Waals surface area (Å²) in [6.07, 6.45) is 4.59.